The maximum absolute atomic E-state index is 9.14. The topological polar surface area (TPSA) is 35.8 Å². The Bertz CT molecular complexity index is 621. The molecule has 2 heteroatoms. The number of aryl methyl sites for hydroxylation is 1. The summed E-state index contributed by atoms with van der Waals surface area (Å²) in [6, 6.07) is 16.3. The summed E-state index contributed by atoms with van der Waals surface area (Å²) in [5, 5.41) is 12.5. The summed E-state index contributed by atoms with van der Waals surface area (Å²) in [6.45, 7) is 6.37. The average molecular weight is 250 g/mol. The summed E-state index contributed by atoms with van der Waals surface area (Å²) >= 11 is 0. The molecule has 0 fully saturated rings. The molecule has 19 heavy (non-hydrogen) atoms. The van der Waals surface area contributed by atoms with Gasteiger partial charge in [0, 0.05) is 5.69 Å². The van der Waals surface area contributed by atoms with E-state index in [0.717, 1.165) is 16.9 Å². The SMILES string of the molecule is Cc1ccc(C#N)c(Nc2cccc(C(C)C)c2)c1. The molecule has 2 aromatic rings. The Morgan fingerprint density at radius 1 is 1.11 bits per heavy atom. The van der Waals surface area contributed by atoms with Crippen LogP contribution in [0.3, 0.4) is 0 Å². The van der Waals surface area contributed by atoms with Crippen LogP contribution in [-0.2, 0) is 0 Å². The van der Waals surface area contributed by atoms with Crippen molar-refractivity contribution < 1.29 is 0 Å². The zero-order valence-corrected chi connectivity index (χ0v) is 11.6. The number of rotatable bonds is 3. The van der Waals surface area contributed by atoms with Crippen LogP contribution < -0.4 is 5.32 Å². The second kappa shape index (κ2) is 5.58. The van der Waals surface area contributed by atoms with Crippen molar-refractivity contribution in [1.82, 2.24) is 0 Å². The van der Waals surface area contributed by atoms with E-state index in [-0.39, 0.29) is 0 Å². The van der Waals surface area contributed by atoms with Crippen LogP contribution >= 0.6 is 0 Å². The van der Waals surface area contributed by atoms with Gasteiger partial charge >= 0.3 is 0 Å². The summed E-state index contributed by atoms with van der Waals surface area (Å²) in [5.74, 6) is 0.495. The first kappa shape index (κ1) is 13.2. The molecule has 2 nitrogen and oxygen atoms in total. The minimum atomic E-state index is 0.495. The Morgan fingerprint density at radius 2 is 1.89 bits per heavy atom. The van der Waals surface area contributed by atoms with Crippen molar-refractivity contribution >= 4 is 11.4 Å². The predicted octanol–water partition coefficient (Wildman–Crippen LogP) is 4.73. The summed E-state index contributed by atoms with van der Waals surface area (Å²) < 4.78 is 0. The van der Waals surface area contributed by atoms with Crippen molar-refractivity contribution in [1.29, 1.82) is 5.26 Å². The number of hydrogen-bond acceptors (Lipinski definition) is 2. The molecule has 1 N–H and O–H groups in total. The predicted molar refractivity (Wildman–Crippen MR) is 79.7 cm³/mol. The van der Waals surface area contributed by atoms with Gasteiger partial charge in [-0.25, -0.2) is 0 Å². The molecule has 0 saturated carbocycles. The molecule has 0 spiro atoms. The number of nitrogens with one attached hydrogen (secondary N) is 1. The molecular formula is C17H18N2. The Balaban J connectivity index is 2.33. The Labute approximate surface area is 114 Å². The Kier molecular flexibility index (Phi) is 3.87. The van der Waals surface area contributed by atoms with Crippen molar-refractivity contribution in [2.45, 2.75) is 26.7 Å². The molecule has 0 unspecified atom stereocenters. The van der Waals surface area contributed by atoms with Crippen molar-refractivity contribution in [3.8, 4) is 6.07 Å². The van der Waals surface area contributed by atoms with Gasteiger partial charge in [0.1, 0.15) is 6.07 Å². The van der Waals surface area contributed by atoms with Crippen LogP contribution in [0.5, 0.6) is 0 Å². The number of benzene rings is 2. The third kappa shape index (κ3) is 3.14. The molecule has 96 valence electrons. The molecule has 0 aromatic heterocycles. The van der Waals surface area contributed by atoms with E-state index in [1.54, 1.807) is 0 Å². The van der Waals surface area contributed by atoms with Gasteiger partial charge in [0.15, 0.2) is 0 Å². The van der Waals surface area contributed by atoms with E-state index >= 15 is 0 Å². The van der Waals surface area contributed by atoms with Gasteiger partial charge in [-0.1, -0.05) is 32.0 Å². The van der Waals surface area contributed by atoms with E-state index in [2.05, 4.69) is 37.4 Å². The zero-order chi connectivity index (χ0) is 13.8. The molecule has 0 aliphatic rings. The smallest absolute Gasteiger partial charge is 0.101 e. The third-order valence-corrected chi connectivity index (χ3v) is 3.13. The van der Waals surface area contributed by atoms with Crippen molar-refractivity contribution in [2.24, 2.45) is 0 Å². The third-order valence-electron chi connectivity index (χ3n) is 3.13. The fraction of sp³-hybridized carbons (Fsp3) is 0.235. The molecule has 0 amide bonds. The van der Waals surface area contributed by atoms with Gasteiger partial charge < -0.3 is 5.32 Å². The van der Waals surface area contributed by atoms with E-state index in [9.17, 15) is 0 Å². The molecule has 2 rings (SSSR count). The van der Waals surface area contributed by atoms with Gasteiger partial charge in [0.05, 0.1) is 11.3 Å². The van der Waals surface area contributed by atoms with Crippen molar-refractivity contribution in [3.63, 3.8) is 0 Å². The van der Waals surface area contributed by atoms with Gasteiger partial charge in [0.25, 0.3) is 0 Å². The van der Waals surface area contributed by atoms with Crippen LogP contribution in [0.25, 0.3) is 0 Å². The van der Waals surface area contributed by atoms with Crippen LogP contribution in [-0.4, -0.2) is 0 Å². The number of anilines is 2. The highest BCUT2D eigenvalue weighted by molar-refractivity contribution is 5.67. The normalized spacial score (nSPS) is 10.3. The molecular weight excluding hydrogens is 232 g/mol. The van der Waals surface area contributed by atoms with Crippen LogP contribution in [0.4, 0.5) is 11.4 Å². The molecule has 0 saturated heterocycles. The lowest BCUT2D eigenvalue weighted by Gasteiger charge is -2.12. The van der Waals surface area contributed by atoms with Gasteiger partial charge in [-0.2, -0.15) is 5.26 Å². The minimum Gasteiger partial charge on any atom is -0.354 e. The largest absolute Gasteiger partial charge is 0.354 e. The lowest BCUT2D eigenvalue weighted by atomic mass is 10.0. The average Bonchev–Trinajstić information content (AvgIpc) is 2.39. The molecule has 2 aromatic carbocycles. The molecule has 0 heterocycles. The highest BCUT2D eigenvalue weighted by Gasteiger charge is 2.04. The summed E-state index contributed by atoms with van der Waals surface area (Å²) in [6.07, 6.45) is 0. The lowest BCUT2D eigenvalue weighted by molar-refractivity contribution is 0.867. The fourth-order valence-corrected chi connectivity index (χ4v) is 1.99. The lowest BCUT2D eigenvalue weighted by Crippen LogP contribution is -1.96. The van der Waals surface area contributed by atoms with Crippen LogP contribution in [0.15, 0.2) is 42.5 Å². The van der Waals surface area contributed by atoms with Crippen LogP contribution in [0.1, 0.15) is 36.5 Å². The second-order valence-corrected chi connectivity index (χ2v) is 5.07. The maximum Gasteiger partial charge on any atom is 0.101 e. The number of nitriles is 1. The Hall–Kier alpha value is -2.27. The van der Waals surface area contributed by atoms with E-state index in [4.69, 9.17) is 5.26 Å². The molecule has 0 radical (unpaired) electrons. The number of hydrogen-bond donors (Lipinski definition) is 1. The highest BCUT2D eigenvalue weighted by Crippen LogP contribution is 2.24. The monoisotopic (exact) mass is 250 g/mol. The fourth-order valence-electron chi connectivity index (χ4n) is 1.99. The van der Waals surface area contributed by atoms with Gasteiger partial charge in [-0.05, 0) is 48.2 Å². The minimum absolute atomic E-state index is 0.495. The zero-order valence-electron chi connectivity index (χ0n) is 11.6. The molecule has 0 atom stereocenters. The summed E-state index contributed by atoms with van der Waals surface area (Å²) in [4.78, 5) is 0. The first-order valence-electron chi connectivity index (χ1n) is 6.48. The van der Waals surface area contributed by atoms with Crippen LogP contribution in [0, 0.1) is 18.3 Å². The van der Waals surface area contributed by atoms with E-state index < -0.39 is 0 Å². The molecule has 0 aliphatic carbocycles. The summed E-state index contributed by atoms with van der Waals surface area (Å²) in [7, 11) is 0. The van der Waals surface area contributed by atoms with Crippen molar-refractivity contribution in [2.75, 3.05) is 5.32 Å². The standard InChI is InChI=1S/C17H18N2/c1-12(2)14-5-4-6-16(10-14)19-17-9-13(3)7-8-15(17)11-18/h4-10,12,19H,1-3H3. The van der Waals surface area contributed by atoms with Gasteiger partial charge in [-0.3, -0.25) is 0 Å². The van der Waals surface area contributed by atoms with E-state index in [1.807, 2.05) is 37.3 Å². The van der Waals surface area contributed by atoms with E-state index in [0.29, 0.717) is 11.5 Å². The maximum atomic E-state index is 9.14. The van der Waals surface area contributed by atoms with Gasteiger partial charge in [0.2, 0.25) is 0 Å². The quantitative estimate of drug-likeness (QED) is 0.854. The molecule has 0 aliphatic heterocycles. The first-order valence-corrected chi connectivity index (χ1v) is 6.48. The second-order valence-electron chi connectivity index (χ2n) is 5.07. The Morgan fingerprint density at radius 3 is 2.58 bits per heavy atom. The molecule has 0 bridgehead atoms. The van der Waals surface area contributed by atoms with E-state index in [1.165, 1.54) is 5.56 Å². The van der Waals surface area contributed by atoms with Crippen LogP contribution in [0.2, 0.25) is 0 Å². The highest BCUT2D eigenvalue weighted by atomic mass is 14.9. The number of nitrogens with zero attached hydrogens (tertiary/aromatic N) is 1. The summed E-state index contributed by atoms with van der Waals surface area (Å²) in [5.41, 5.74) is 4.98. The van der Waals surface area contributed by atoms with Crippen molar-refractivity contribution in [3.05, 3.63) is 59.2 Å². The van der Waals surface area contributed by atoms with Gasteiger partial charge in [-0.15, -0.1) is 0 Å². The first-order chi connectivity index (χ1) is 9.10.